The van der Waals surface area contributed by atoms with Gasteiger partial charge < -0.3 is 10.4 Å². The van der Waals surface area contributed by atoms with Crippen LogP contribution in [0.25, 0.3) is 0 Å². The second-order valence-corrected chi connectivity index (χ2v) is 6.09. The van der Waals surface area contributed by atoms with E-state index >= 15 is 0 Å². The molecule has 112 valence electrons. The molecule has 1 aromatic rings. The highest BCUT2D eigenvalue weighted by Gasteiger charge is 2.25. The lowest BCUT2D eigenvalue weighted by molar-refractivity contribution is 0.0911. The van der Waals surface area contributed by atoms with Crippen LogP contribution in [-0.2, 0) is 0 Å². The normalized spacial score (nSPS) is 24.8. The molecule has 1 aliphatic rings. The lowest BCUT2D eigenvalue weighted by atomic mass is 9.80. The van der Waals surface area contributed by atoms with E-state index in [9.17, 15) is 4.79 Å². The van der Waals surface area contributed by atoms with E-state index in [2.05, 4.69) is 31.0 Å². The fourth-order valence-electron chi connectivity index (χ4n) is 3.25. The molecule has 1 amide bonds. The summed E-state index contributed by atoms with van der Waals surface area (Å²) in [6.45, 7) is 4.29. The minimum absolute atomic E-state index is 0.0656. The minimum Gasteiger partial charge on any atom is -0.384 e. The highest BCUT2D eigenvalue weighted by molar-refractivity contribution is 5.96. The predicted molar refractivity (Wildman–Crippen MR) is 83.8 cm³/mol. The molecular formula is C18H23NO2. The number of rotatable bonds is 2. The Bertz CT molecular complexity index is 546. The van der Waals surface area contributed by atoms with Crippen LogP contribution in [-0.4, -0.2) is 23.7 Å². The van der Waals surface area contributed by atoms with Crippen molar-refractivity contribution < 1.29 is 9.90 Å². The number of aliphatic hydroxyl groups is 1. The maximum Gasteiger partial charge on any atom is 0.252 e. The van der Waals surface area contributed by atoms with Crippen LogP contribution in [0.3, 0.4) is 0 Å². The summed E-state index contributed by atoms with van der Waals surface area (Å²) in [5.41, 5.74) is 1.25. The summed E-state index contributed by atoms with van der Waals surface area (Å²) < 4.78 is 0. The van der Waals surface area contributed by atoms with Crippen molar-refractivity contribution >= 4 is 5.91 Å². The van der Waals surface area contributed by atoms with Crippen LogP contribution in [0.2, 0.25) is 0 Å². The van der Waals surface area contributed by atoms with Crippen molar-refractivity contribution in [2.75, 3.05) is 6.61 Å². The Labute approximate surface area is 126 Å². The van der Waals surface area contributed by atoms with Crippen LogP contribution in [0.5, 0.6) is 0 Å². The molecule has 1 aromatic carbocycles. The van der Waals surface area contributed by atoms with E-state index in [1.165, 1.54) is 6.42 Å². The smallest absolute Gasteiger partial charge is 0.252 e. The summed E-state index contributed by atoms with van der Waals surface area (Å²) in [5.74, 6) is 6.69. The third kappa shape index (κ3) is 4.34. The van der Waals surface area contributed by atoms with Gasteiger partial charge in [0.2, 0.25) is 0 Å². The van der Waals surface area contributed by atoms with E-state index in [0.717, 1.165) is 12.8 Å². The summed E-state index contributed by atoms with van der Waals surface area (Å²) in [6.07, 6.45) is 3.33. The molecule has 1 fully saturated rings. The molecule has 2 atom stereocenters. The number of nitrogens with one attached hydrogen (secondary N) is 1. The monoisotopic (exact) mass is 285 g/mol. The van der Waals surface area contributed by atoms with Gasteiger partial charge in [-0.1, -0.05) is 37.8 Å². The number of carbonyl (C=O) groups is 1. The summed E-state index contributed by atoms with van der Waals surface area (Å²) in [4.78, 5) is 12.5. The Balaban J connectivity index is 2.10. The quantitative estimate of drug-likeness (QED) is 0.821. The van der Waals surface area contributed by atoms with Crippen LogP contribution in [0.4, 0.5) is 0 Å². The van der Waals surface area contributed by atoms with Crippen molar-refractivity contribution in [2.45, 2.75) is 39.2 Å². The van der Waals surface area contributed by atoms with Gasteiger partial charge in [-0.05, 0) is 43.2 Å². The van der Waals surface area contributed by atoms with Gasteiger partial charge in [0.15, 0.2) is 0 Å². The van der Waals surface area contributed by atoms with Gasteiger partial charge in [0.05, 0.1) is 5.56 Å². The van der Waals surface area contributed by atoms with E-state index in [4.69, 9.17) is 5.11 Å². The Morgan fingerprint density at radius 2 is 1.90 bits per heavy atom. The number of benzene rings is 1. The lowest BCUT2D eigenvalue weighted by Gasteiger charge is -2.32. The topological polar surface area (TPSA) is 49.3 Å². The second-order valence-electron chi connectivity index (χ2n) is 6.09. The van der Waals surface area contributed by atoms with Crippen LogP contribution < -0.4 is 5.32 Å². The van der Waals surface area contributed by atoms with E-state index in [1.54, 1.807) is 6.07 Å². The fraction of sp³-hybridized carbons (Fsp3) is 0.500. The van der Waals surface area contributed by atoms with Gasteiger partial charge in [-0.25, -0.2) is 0 Å². The third-order valence-corrected chi connectivity index (χ3v) is 3.99. The average molecular weight is 285 g/mol. The maximum atomic E-state index is 12.5. The van der Waals surface area contributed by atoms with Crippen molar-refractivity contribution in [2.24, 2.45) is 11.8 Å². The molecule has 0 aromatic heterocycles. The lowest BCUT2D eigenvalue weighted by Crippen LogP contribution is -2.40. The molecule has 2 unspecified atom stereocenters. The van der Waals surface area contributed by atoms with Crippen molar-refractivity contribution in [3.63, 3.8) is 0 Å². The fourth-order valence-corrected chi connectivity index (χ4v) is 3.25. The Morgan fingerprint density at radius 3 is 2.57 bits per heavy atom. The molecule has 1 saturated carbocycles. The number of hydrogen-bond donors (Lipinski definition) is 2. The molecule has 3 nitrogen and oxygen atoms in total. The van der Waals surface area contributed by atoms with Gasteiger partial charge >= 0.3 is 0 Å². The molecule has 2 N–H and O–H groups in total. The molecule has 2 rings (SSSR count). The number of aliphatic hydroxyl groups excluding tert-OH is 1. The molecule has 21 heavy (non-hydrogen) atoms. The van der Waals surface area contributed by atoms with Crippen LogP contribution in [0, 0.1) is 23.7 Å². The first-order chi connectivity index (χ1) is 10.1. The zero-order chi connectivity index (χ0) is 15.2. The van der Waals surface area contributed by atoms with E-state index in [1.807, 2.05) is 18.2 Å². The largest absolute Gasteiger partial charge is 0.384 e. The number of carbonyl (C=O) groups excluding carboxylic acids is 1. The predicted octanol–water partition coefficient (Wildman–Crippen LogP) is 2.58. The first-order valence-electron chi connectivity index (χ1n) is 7.59. The van der Waals surface area contributed by atoms with E-state index in [0.29, 0.717) is 23.0 Å². The Morgan fingerprint density at radius 1 is 1.24 bits per heavy atom. The summed E-state index contributed by atoms with van der Waals surface area (Å²) in [5, 5.41) is 11.9. The third-order valence-electron chi connectivity index (χ3n) is 3.99. The summed E-state index contributed by atoms with van der Waals surface area (Å²) in [7, 11) is 0. The Hall–Kier alpha value is -1.79. The highest BCUT2D eigenvalue weighted by atomic mass is 16.2. The van der Waals surface area contributed by atoms with Crippen molar-refractivity contribution in [1.29, 1.82) is 0 Å². The minimum atomic E-state index is -0.201. The molecule has 0 heterocycles. The van der Waals surface area contributed by atoms with Crippen LogP contribution in [0.15, 0.2) is 24.3 Å². The van der Waals surface area contributed by atoms with Crippen molar-refractivity contribution in [3.8, 4) is 11.8 Å². The first kappa shape index (κ1) is 15.6. The van der Waals surface area contributed by atoms with Gasteiger partial charge in [0.25, 0.3) is 5.91 Å². The maximum absolute atomic E-state index is 12.5. The van der Waals surface area contributed by atoms with Gasteiger partial charge in [0, 0.05) is 11.6 Å². The molecule has 0 aliphatic heterocycles. The molecule has 3 heteroatoms. The number of hydrogen-bond acceptors (Lipinski definition) is 2. The zero-order valence-electron chi connectivity index (χ0n) is 12.7. The molecule has 0 spiro atoms. The van der Waals surface area contributed by atoms with Crippen LogP contribution in [0.1, 0.15) is 49.0 Å². The second kappa shape index (κ2) is 7.28. The van der Waals surface area contributed by atoms with Crippen molar-refractivity contribution in [3.05, 3.63) is 35.4 Å². The molecule has 1 aliphatic carbocycles. The number of amides is 1. The standard InChI is InChI=1S/C18H23NO2/c1-13-10-14(2)12-16(11-13)19-18(21)17-8-4-3-6-15(17)7-5-9-20/h3-4,6,8,13-14,16,20H,9-12H2,1-2H3,(H,19,21). The molecular weight excluding hydrogens is 262 g/mol. The van der Waals surface area contributed by atoms with Crippen molar-refractivity contribution in [1.82, 2.24) is 5.32 Å². The van der Waals surface area contributed by atoms with Gasteiger partial charge in [-0.15, -0.1) is 0 Å². The summed E-state index contributed by atoms with van der Waals surface area (Å²) in [6, 6.07) is 7.53. The van der Waals surface area contributed by atoms with Crippen LogP contribution >= 0.6 is 0 Å². The Kier molecular flexibility index (Phi) is 5.41. The highest BCUT2D eigenvalue weighted by Crippen LogP contribution is 2.28. The molecule has 0 radical (unpaired) electrons. The summed E-state index contributed by atoms with van der Waals surface area (Å²) >= 11 is 0. The van der Waals surface area contributed by atoms with E-state index in [-0.39, 0.29) is 18.6 Å². The average Bonchev–Trinajstić information content (AvgIpc) is 2.44. The SMILES string of the molecule is CC1CC(C)CC(NC(=O)c2ccccc2C#CCO)C1. The first-order valence-corrected chi connectivity index (χ1v) is 7.59. The molecule has 0 bridgehead atoms. The molecule has 0 saturated heterocycles. The van der Waals surface area contributed by atoms with Gasteiger partial charge in [0.1, 0.15) is 6.61 Å². The van der Waals surface area contributed by atoms with Gasteiger partial charge in [-0.3, -0.25) is 4.79 Å². The zero-order valence-corrected chi connectivity index (χ0v) is 12.7. The van der Waals surface area contributed by atoms with E-state index < -0.39 is 0 Å². The van der Waals surface area contributed by atoms with Gasteiger partial charge in [-0.2, -0.15) is 0 Å².